The van der Waals surface area contributed by atoms with Gasteiger partial charge in [0.25, 0.3) is 0 Å². The van der Waals surface area contributed by atoms with Crippen molar-refractivity contribution in [2.45, 2.75) is 6.42 Å². The molecule has 12 heavy (non-hydrogen) atoms. The topological polar surface area (TPSA) is 38.8 Å². The molecule has 0 saturated heterocycles. The van der Waals surface area contributed by atoms with Crippen molar-refractivity contribution in [3.63, 3.8) is 0 Å². The van der Waals surface area contributed by atoms with Gasteiger partial charge in [-0.2, -0.15) is 0 Å². The second-order valence-electron chi connectivity index (χ2n) is 2.59. The second-order valence-corrected chi connectivity index (χ2v) is 2.59. The SMILES string of the molecule is COCCCN(C)C(=O)COC. The van der Waals surface area contributed by atoms with Gasteiger partial charge in [0.05, 0.1) is 0 Å². The van der Waals surface area contributed by atoms with Gasteiger partial charge in [-0.1, -0.05) is 0 Å². The van der Waals surface area contributed by atoms with E-state index in [2.05, 4.69) is 0 Å². The van der Waals surface area contributed by atoms with Gasteiger partial charge in [0.15, 0.2) is 0 Å². The van der Waals surface area contributed by atoms with Crippen molar-refractivity contribution in [3.05, 3.63) is 0 Å². The maximum absolute atomic E-state index is 11.1. The standard InChI is InChI=1S/C8H17NO3/c1-9(5-4-6-11-2)8(10)7-12-3/h4-7H2,1-3H3. The molecule has 0 aromatic rings. The van der Waals surface area contributed by atoms with E-state index in [4.69, 9.17) is 9.47 Å². The van der Waals surface area contributed by atoms with Crippen LogP contribution in [0.2, 0.25) is 0 Å². The molecule has 0 bridgehead atoms. The fourth-order valence-corrected chi connectivity index (χ4v) is 0.804. The summed E-state index contributed by atoms with van der Waals surface area (Å²) >= 11 is 0. The molecule has 1 amide bonds. The molecule has 0 aromatic carbocycles. The highest BCUT2D eigenvalue weighted by atomic mass is 16.5. The minimum absolute atomic E-state index is 0.00797. The van der Waals surface area contributed by atoms with Crippen LogP contribution >= 0.6 is 0 Å². The molecule has 72 valence electrons. The third-order valence-electron chi connectivity index (χ3n) is 1.54. The Bertz CT molecular complexity index is 127. The van der Waals surface area contributed by atoms with E-state index in [1.807, 2.05) is 0 Å². The zero-order valence-corrected chi connectivity index (χ0v) is 8.00. The third-order valence-corrected chi connectivity index (χ3v) is 1.54. The summed E-state index contributed by atoms with van der Waals surface area (Å²) in [6, 6.07) is 0. The largest absolute Gasteiger partial charge is 0.385 e. The number of carbonyl (C=O) groups is 1. The lowest BCUT2D eigenvalue weighted by molar-refractivity contribution is -0.133. The first-order valence-electron chi connectivity index (χ1n) is 3.94. The molecule has 0 N–H and O–H groups in total. The van der Waals surface area contributed by atoms with Crippen LogP contribution in [0.1, 0.15) is 6.42 Å². The van der Waals surface area contributed by atoms with Crippen LogP contribution in [-0.2, 0) is 14.3 Å². The Balaban J connectivity index is 3.42. The number of amides is 1. The summed E-state index contributed by atoms with van der Waals surface area (Å²) in [7, 11) is 4.93. The van der Waals surface area contributed by atoms with Crippen molar-refractivity contribution >= 4 is 5.91 Å². The molecule has 0 aliphatic carbocycles. The summed E-state index contributed by atoms with van der Waals surface area (Å²) in [5.74, 6) is 0.00797. The van der Waals surface area contributed by atoms with Gasteiger partial charge >= 0.3 is 0 Å². The summed E-state index contributed by atoms with van der Waals surface area (Å²) in [6.07, 6.45) is 0.864. The number of carbonyl (C=O) groups excluding carboxylic acids is 1. The molecule has 4 heteroatoms. The van der Waals surface area contributed by atoms with Gasteiger partial charge in [0.1, 0.15) is 6.61 Å². The van der Waals surface area contributed by atoms with E-state index in [9.17, 15) is 4.79 Å². The molecule has 0 saturated carbocycles. The summed E-state index contributed by atoms with van der Waals surface area (Å²) in [5, 5.41) is 0. The predicted octanol–water partition coefficient (Wildman–Crippen LogP) is 0.128. The Hall–Kier alpha value is -0.610. The molecular weight excluding hydrogens is 158 g/mol. The van der Waals surface area contributed by atoms with E-state index >= 15 is 0 Å². The molecule has 0 heterocycles. The van der Waals surface area contributed by atoms with E-state index in [1.165, 1.54) is 7.11 Å². The number of methoxy groups -OCH3 is 2. The van der Waals surface area contributed by atoms with Gasteiger partial charge in [-0.15, -0.1) is 0 Å². The third kappa shape index (κ3) is 5.09. The minimum Gasteiger partial charge on any atom is -0.385 e. The molecule has 4 nitrogen and oxygen atoms in total. The summed E-state index contributed by atoms with van der Waals surface area (Å²) in [5.41, 5.74) is 0. The van der Waals surface area contributed by atoms with Gasteiger partial charge in [0, 0.05) is 34.4 Å². The van der Waals surface area contributed by atoms with Crippen LogP contribution in [-0.4, -0.2) is 51.8 Å². The van der Waals surface area contributed by atoms with Crippen molar-refractivity contribution in [3.8, 4) is 0 Å². The smallest absolute Gasteiger partial charge is 0.248 e. The lowest BCUT2D eigenvalue weighted by atomic mass is 10.4. The molecule has 0 unspecified atom stereocenters. The van der Waals surface area contributed by atoms with E-state index in [1.54, 1.807) is 19.1 Å². The van der Waals surface area contributed by atoms with Crippen molar-refractivity contribution in [2.75, 3.05) is 41.0 Å². The maximum Gasteiger partial charge on any atom is 0.248 e. The van der Waals surface area contributed by atoms with E-state index in [0.29, 0.717) is 6.61 Å². The number of rotatable bonds is 6. The first-order chi connectivity index (χ1) is 5.72. The fourth-order valence-electron chi connectivity index (χ4n) is 0.804. The van der Waals surface area contributed by atoms with Crippen LogP contribution in [0.5, 0.6) is 0 Å². The highest BCUT2D eigenvalue weighted by molar-refractivity contribution is 5.77. The zero-order valence-electron chi connectivity index (χ0n) is 8.00. The van der Waals surface area contributed by atoms with Crippen LogP contribution < -0.4 is 0 Å². The van der Waals surface area contributed by atoms with E-state index in [0.717, 1.165) is 13.0 Å². The molecular formula is C8H17NO3. The van der Waals surface area contributed by atoms with Crippen LogP contribution in [0.3, 0.4) is 0 Å². The number of ether oxygens (including phenoxy) is 2. The molecule has 0 aromatic heterocycles. The van der Waals surface area contributed by atoms with Crippen molar-refractivity contribution in [1.29, 1.82) is 0 Å². The molecule has 0 aliphatic heterocycles. The number of hydrogen-bond donors (Lipinski definition) is 0. The van der Waals surface area contributed by atoms with E-state index in [-0.39, 0.29) is 12.5 Å². The molecule has 0 atom stereocenters. The molecule has 0 spiro atoms. The second kappa shape index (κ2) is 7.06. The number of hydrogen-bond acceptors (Lipinski definition) is 3. The Morgan fingerprint density at radius 3 is 2.50 bits per heavy atom. The summed E-state index contributed by atoms with van der Waals surface area (Å²) in [4.78, 5) is 12.7. The molecule has 0 rings (SSSR count). The van der Waals surface area contributed by atoms with Crippen molar-refractivity contribution in [1.82, 2.24) is 4.90 Å². The molecule has 0 aliphatic rings. The summed E-state index contributed by atoms with van der Waals surface area (Å²) in [6.45, 7) is 1.56. The first-order valence-corrected chi connectivity index (χ1v) is 3.94. The number of nitrogens with zero attached hydrogens (tertiary/aromatic N) is 1. The average Bonchev–Trinajstić information content (AvgIpc) is 2.05. The van der Waals surface area contributed by atoms with Gasteiger partial charge in [-0.3, -0.25) is 4.79 Å². The van der Waals surface area contributed by atoms with Gasteiger partial charge in [-0.25, -0.2) is 0 Å². The first kappa shape index (κ1) is 11.4. The normalized spacial score (nSPS) is 9.92. The lowest BCUT2D eigenvalue weighted by Gasteiger charge is -2.15. The Morgan fingerprint density at radius 2 is 2.00 bits per heavy atom. The highest BCUT2D eigenvalue weighted by Gasteiger charge is 2.06. The molecule has 0 radical (unpaired) electrons. The average molecular weight is 175 g/mol. The Morgan fingerprint density at radius 1 is 1.33 bits per heavy atom. The highest BCUT2D eigenvalue weighted by Crippen LogP contribution is 1.89. The predicted molar refractivity (Wildman–Crippen MR) is 46.0 cm³/mol. The van der Waals surface area contributed by atoms with Gasteiger partial charge < -0.3 is 14.4 Å². The Labute approximate surface area is 73.4 Å². The van der Waals surface area contributed by atoms with Gasteiger partial charge in [0.2, 0.25) is 5.91 Å². The monoisotopic (exact) mass is 175 g/mol. The lowest BCUT2D eigenvalue weighted by Crippen LogP contribution is -2.31. The Kier molecular flexibility index (Phi) is 6.70. The summed E-state index contributed by atoms with van der Waals surface area (Å²) < 4.78 is 9.57. The quantitative estimate of drug-likeness (QED) is 0.538. The van der Waals surface area contributed by atoms with Crippen molar-refractivity contribution < 1.29 is 14.3 Å². The number of likely N-dealkylation sites (N-methyl/N-ethyl adjacent to an activating group) is 1. The minimum atomic E-state index is 0.00797. The van der Waals surface area contributed by atoms with Crippen LogP contribution in [0.25, 0.3) is 0 Å². The van der Waals surface area contributed by atoms with Crippen LogP contribution in [0, 0.1) is 0 Å². The van der Waals surface area contributed by atoms with Gasteiger partial charge in [-0.05, 0) is 6.42 Å². The maximum atomic E-state index is 11.1. The fraction of sp³-hybridized carbons (Fsp3) is 0.875. The van der Waals surface area contributed by atoms with Crippen LogP contribution in [0.4, 0.5) is 0 Å². The zero-order chi connectivity index (χ0) is 9.40. The van der Waals surface area contributed by atoms with Crippen LogP contribution in [0.15, 0.2) is 0 Å². The van der Waals surface area contributed by atoms with E-state index < -0.39 is 0 Å². The molecule has 0 fully saturated rings. The van der Waals surface area contributed by atoms with Crippen molar-refractivity contribution in [2.24, 2.45) is 0 Å².